The lowest BCUT2D eigenvalue weighted by molar-refractivity contribution is -0.0855. The van der Waals surface area contributed by atoms with Gasteiger partial charge in [0.05, 0.1) is 31.5 Å². The molecule has 1 aromatic rings. The molecule has 5 heteroatoms. The van der Waals surface area contributed by atoms with Crippen molar-refractivity contribution < 1.29 is 19.4 Å². The Hall–Kier alpha value is -1.43. The van der Waals surface area contributed by atoms with Crippen LogP contribution in [0, 0.1) is 0 Å². The van der Waals surface area contributed by atoms with Gasteiger partial charge in [0.25, 0.3) is 5.91 Å². The number of nitrogens with one attached hydrogen (secondary N) is 1. The van der Waals surface area contributed by atoms with Gasteiger partial charge in [-0.2, -0.15) is 0 Å². The van der Waals surface area contributed by atoms with E-state index >= 15 is 0 Å². The first-order chi connectivity index (χ1) is 10.4. The summed E-state index contributed by atoms with van der Waals surface area (Å²) in [6, 6.07) is 7.51. The first-order valence-electron chi connectivity index (χ1n) is 7.73. The van der Waals surface area contributed by atoms with Gasteiger partial charge < -0.3 is 19.9 Å². The van der Waals surface area contributed by atoms with Crippen LogP contribution in [-0.2, 0) is 15.9 Å². The van der Waals surface area contributed by atoms with E-state index in [1.807, 2.05) is 18.2 Å². The third-order valence-corrected chi connectivity index (χ3v) is 3.59. The Bertz CT molecular complexity index is 490. The predicted octanol–water partition coefficient (Wildman–Crippen LogP) is 1.54. The Labute approximate surface area is 131 Å². The van der Waals surface area contributed by atoms with Crippen molar-refractivity contribution in [1.82, 2.24) is 5.32 Å². The van der Waals surface area contributed by atoms with E-state index in [4.69, 9.17) is 9.47 Å². The van der Waals surface area contributed by atoms with Crippen molar-refractivity contribution in [3.8, 4) is 0 Å². The van der Waals surface area contributed by atoms with Crippen LogP contribution in [0.1, 0.15) is 36.2 Å². The number of carbonyl (C=O) groups excluding carboxylic acids is 1. The molecule has 1 aromatic carbocycles. The van der Waals surface area contributed by atoms with Crippen LogP contribution < -0.4 is 5.32 Å². The molecule has 1 aliphatic heterocycles. The van der Waals surface area contributed by atoms with Crippen molar-refractivity contribution in [2.45, 2.75) is 38.4 Å². The minimum Gasteiger partial charge on any atom is -0.390 e. The highest BCUT2D eigenvalue weighted by Gasteiger charge is 2.16. The van der Waals surface area contributed by atoms with E-state index in [9.17, 15) is 9.90 Å². The third-order valence-electron chi connectivity index (χ3n) is 3.59. The molecule has 0 aromatic heterocycles. The highest BCUT2D eigenvalue weighted by Crippen LogP contribution is 2.14. The summed E-state index contributed by atoms with van der Waals surface area (Å²) in [7, 11) is 0. The molecule has 5 nitrogen and oxygen atoms in total. The number of rotatable bonds is 6. The van der Waals surface area contributed by atoms with Crippen LogP contribution in [0.25, 0.3) is 0 Å². The monoisotopic (exact) mass is 307 g/mol. The average molecular weight is 307 g/mol. The Morgan fingerprint density at radius 1 is 1.41 bits per heavy atom. The van der Waals surface area contributed by atoms with Crippen LogP contribution in [0.15, 0.2) is 24.3 Å². The lowest BCUT2D eigenvalue weighted by Crippen LogP contribution is -2.39. The van der Waals surface area contributed by atoms with Crippen LogP contribution in [-0.4, -0.2) is 49.1 Å². The van der Waals surface area contributed by atoms with Gasteiger partial charge in [0.1, 0.15) is 0 Å². The van der Waals surface area contributed by atoms with Crippen LogP contribution >= 0.6 is 0 Å². The number of amides is 1. The number of hydrogen-bond acceptors (Lipinski definition) is 4. The van der Waals surface area contributed by atoms with Crippen molar-refractivity contribution in [2.24, 2.45) is 0 Å². The van der Waals surface area contributed by atoms with Gasteiger partial charge in [-0.15, -0.1) is 0 Å². The molecule has 1 amide bonds. The molecule has 0 spiro atoms. The van der Waals surface area contributed by atoms with Gasteiger partial charge in [0, 0.05) is 12.1 Å². The first-order valence-corrected chi connectivity index (χ1v) is 7.73. The molecule has 2 N–H and O–H groups in total. The lowest BCUT2D eigenvalue weighted by atomic mass is 9.98. The highest BCUT2D eigenvalue weighted by atomic mass is 16.6. The Morgan fingerprint density at radius 3 is 2.91 bits per heavy atom. The van der Waals surface area contributed by atoms with Crippen molar-refractivity contribution in [2.75, 3.05) is 26.4 Å². The summed E-state index contributed by atoms with van der Waals surface area (Å²) >= 11 is 0. The maximum absolute atomic E-state index is 12.2. The van der Waals surface area contributed by atoms with Crippen molar-refractivity contribution >= 4 is 5.91 Å². The van der Waals surface area contributed by atoms with Gasteiger partial charge in [-0.05, 0) is 44.4 Å². The molecule has 2 rings (SSSR count). The van der Waals surface area contributed by atoms with Crippen LogP contribution in [0.3, 0.4) is 0 Å². The molecule has 1 fully saturated rings. The van der Waals surface area contributed by atoms with Crippen molar-refractivity contribution in [3.63, 3.8) is 0 Å². The van der Waals surface area contributed by atoms with Gasteiger partial charge in [0.15, 0.2) is 0 Å². The molecule has 1 aliphatic rings. The normalized spacial score (nSPS) is 19.0. The van der Waals surface area contributed by atoms with Gasteiger partial charge in [-0.1, -0.05) is 12.1 Å². The fourth-order valence-electron chi connectivity index (χ4n) is 2.28. The molecule has 1 heterocycles. The van der Waals surface area contributed by atoms with E-state index in [2.05, 4.69) is 5.32 Å². The van der Waals surface area contributed by atoms with E-state index in [0.717, 1.165) is 12.0 Å². The topological polar surface area (TPSA) is 67.8 Å². The summed E-state index contributed by atoms with van der Waals surface area (Å²) in [4.78, 5) is 12.2. The Kier molecular flexibility index (Phi) is 5.94. The van der Waals surface area contributed by atoms with E-state index in [0.29, 0.717) is 38.3 Å². The van der Waals surface area contributed by atoms with Gasteiger partial charge >= 0.3 is 0 Å². The Morgan fingerprint density at radius 2 is 2.23 bits per heavy atom. The third kappa shape index (κ3) is 5.75. The highest BCUT2D eigenvalue weighted by molar-refractivity contribution is 5.94. The number of benzene rings is 1. The van der Waals surface area contributed by atoms with Gasteiger partial charge in [0.2, 0.25) is 0 Å². The number of hydrogen-bond donors (Lipinski definition) is 2. The molecular formula is C17H25NO4. The molecule has 1 atom stereocenters. The average Bonchev–Trinajstić information content (AvgIpc) is 2.51. The quantitative estimate of drug-likeness (QED) is 0.836. The zero-order chi connectivity index (χ0) is 16.0. The SMILES string of the molecule is CC(C)(O)CCc1cccc(C(=O)NC[C@H]2COCCO2)c1. The van der Waals surface area contributed by atoms with E-state index in [-0.39, 0.29) is 12.0 Å². The number of aryl methyl sites for hydroxylation is 1. The van der Waals surface area contributed by atoms with Crippen LogP contribution in [0.4, 0.5) is 0 Å². The second-order valence-corrected chi connectivity index (χ2v) is 6.29. The van der Waals surface area contributed by atoms with E-state index in [1.165, 1.54) is 0 Å². The van der Waals surface area contributed by atoms with Crippen molar-refractivity contribution in [1.29, 1.82) is 0 Å². The summed E-state index contributed by atoms with van der Waals surface area (Å²) in [6.45, 7) is 5.74. The minimum atomic E-state index is -0.698. The summed E-state index contributed by atoms with van der Waals surface area (Å²) in [5.74, 6) is -0.112. The Balaban J connectivity index is 1.86. The summed E-state index contributed by atoms with van der Waals surface area (Å²) in [5.41, 5.74) is 0.980. The standard InChI is InChI=1S/C17H25NO4/c1-17(2,20)7-6-13-4-3-5-14(10-13)16(19)18-11-15-12-21-8-9-22-15/h3-5,10,15,20H,6-9,11-12H2,1-2H3,(H,18,19)/t15-/m0/s1. The van der Waals surface area contributed by atoms with Crippen LogP contribution in [0.2, 0.25) is 0 Å². The minimum absolute atomic E-state index is 0.0731. The maximum Gasteiger partial charge on any atom is 0.251 e. The van der Waals surface area contributed by atoms with Crippen molar-refractivity contribution in [3.05, 3.63) is 35.4 Å². The largest absolute Gasteiger partial charge is 0.390 e. The molecule has 0 aliphatic carbocycles. The molecular weight excluding hydrogens is 282 g/mol. The molecule has 22 heavy (non-hydrogen) atoms. The number of carbonyl (C=O) groups is 1. The molecule has 122 valence electrons. The smallest absolute Gasteiger partial charge is 0.251 e. The van der Waals surface area contributed by atoms with Crippen LogP contribution in [0.5, 0.6) is 0 Å². The molecule has 0 bridgehead atoms. The van der Waals surface area contributed by atoms with Gasteiger partial charge in [-0.25, -0.2) is 0 Å². The summed E-state index contributed by atoms with van der Waals surface area (Å²) < 4.78 is 10.8. The molecule has 0 saturated carbocycles. The summed E-state index contributed by atoms with van der Waals surface area (Å²) in [6.07, 6.45) is 1.33. The molecule has 0 unspecified atom stereocenters. The summed E-state index contributed by atoms with van der Waals surface area (Å²) in [5, 5.41) is 12.7. The zero-order valence-electron chi connectivity index (χ0n) is 13.3. The fraction of sp³-hybridized carbons (Fsp3) is 0.588. The van der Waals surface area contributed by atoms with E-state index < -0.39 is 5.60 Å². The molecule has 1 saturated heterocycles. The maximum atomic E-state index is 12.2. The van der Waals surface area contributed by atoms with Gasteiger partial charge in [-0.3, -0.25) is 4.79 Å². The second kappa shape index (κ2) is 7.72. The fourth-order valence-corrected chi connectivity index (χ4v) is 2.28. The number of aliphatic hydroxyl groups is 1. The lowest BCUT2D eigenvalue weighted by Gasteiger charge is -2.23. The zero-order valence-corrected chi connectivity index (χ0v) is 13.3. The number of ether oxygens (including phenoxy) is 2. The second-order valence-electron chi connectivity index (χ2n) is 6.29. The first kappa shape index (κ1) is 16.9. The predicted molar refractivity (Wildman–Crippen MR) is 84.0 cm³/mol. The van der Waals surface area contributed by atoms with E-state index in [1.54, 1.807) is 19.9 Å². The molecule has 0 radical (unpaired) electrons.